The number of nitrogen functional groups attached to an aromatic ring is 1. The van der Waals surface area contributed by atoms with Crippen LogP contribution in [0.2, 0.25) is 0 Å². The summed E-state index contributed by atoms with van der Waals surface area (Å²) in [6.07, 6.45) is 0. The lowest BCUT2D eigenvalue weighted by Crippen LogP contribution is -2.13. The van der Waals surface area contributed by atoms with E-state index in [1.54, 1.807) is 17.8 Å². The van der Waals surface area contributed by atoms with Crippen LogP contribution in [-0.4, -0.2) is 16.1 Å². The van der Waals surface area contributed by atoms with E-state index in [2.05, 4.69) is 18.8 Å². The third-order valence-corrected chi connectivity index (χ3v) is 2.30. The first-order valence-electron chi connectivity index (χ1n) is 4.07. The molecule has 0 radical (unpaired) electrons. The van der Waals surface area contributed by atoms with Crippen molar-refractivity contribution in [2.24, 2.45) is 5.73 Å². The molecule has 0 saturated heterocycles. The molecular formula is C9H13N3S. The van der Waals surface area contributed by atoms with E-state index in [9.17, 15) is 0 Å². The second kappa shape index (κ2) is 4.28. The van der Waals surface area contributed by atoms with Crippen molar-refractivity contribution in [1.29, 1.82) is 5.41 Å². The van der Waals surface area contributed by atoms with Crippen molar-refractivity contribution in [3.8, 4) is 0 Å². The van der Waals surface area contributed by atoms with Gasteiger partial charge in [-0.25, -0.2) is 4.98 Å². The van der Waals surface area contributed by atoms with E-state index >= 15 is 0 Å². The lowest BCUT2D eigenvalue weighted by molar-refractivity contribution is 1.06. The van der Waals surface area contributed by atoms with Gasteiger partial charge in [-0.15, -0.1) is 11.8 Å². The Hall–Kier alpha value is -1.03. The molecule has 1 heterocycles. The number of aromatic nitrogens is 1. The summed E-state index contributed by atoms with van der Waals surface area (Å²) < 4.78 is 0. The zero-order valence-electron chi connectivity index (χ0n) is 7.74. The zero-order chi connectivity index (χ0) is 9.84. The van der Waals surface area contributed by atoms with Crippen LogP contribution in [0.25, 0.3) is 0 Å². The van der Waals surface area contributed by atoms with E-state index in [4.69, 9.17) is 11.1 Å². The monoisotopic (exact) mass is 195 g/mol. The first-order chi connectivity index (χ1) is 6.09. The van der Waals surface area contributed by atoms with Crippen LogP contribution in [0.5, 0.6) is 0 Å². The first kappa shape index (κ1) is 10.1. The summed E-state index contributed by atoms with van der Waals surface area (Å²) >= 11 is 1.67. The van der Waals surface area contributed by atoms with Gasteiger partial charge in [0.15, 0.2) is 0 Å². The number of amidine groups is 1. The third kappa shape index (κ3) is 3.06. The normalized spacial score (nSPS) is 10.4. The quantitative estimate of drug-likeness (QED) is 0.439. The van der Waals surface area contributed by atoms with Gasteiger partial charge in [0, 0.05) is 5.25 Å². The van der Waals surface area contributed by atoms with Gasteiger partial charge in [-0.1, -0.05) is 19.9 Å². The highest BCUT2D eigenvalue weighted by atomic mass is 32.2. The van der Waals surface area contributed by atoms with Crippen molar-refractivity contribution in [3.63, 3.8) is 0 Å². The molecule has 3 N–H and O–H groups in total. The van der Waals surface area contributed by atoms with E-state index in [1.165, 1.54) is 0 Å². The number of hydrogen-bond donors (Lipinski definition) is 2. The Morgan fingerprint density at radius 3 is 2.77 bits per heavy atom. The second-order valence-electron chi connectivity index (χ2n) is 2.94. The number of thioether (sulfide) groups is 1. The highest BCUT2D eigenvalue weighted by Crippen LogP contribution is 2.20. The number of pyridine rings is 1. The molecule has 70 valence electrons. The minimum atomic E-state index is 0.0196. The summed E-state index contributed by atoms with van der Waals surface area (Å²) in [7, 11) is 0. The standard InChI is InChI=1S/C9H13N3S/c1-6(2)13-8-5-3-4-7(12-8)9(10)11/h3-6H,1-2H3,(H3,10,11). The summed E-state index contributed by atoms with van der Waals surface area (Å²) in [6, 6.07) is 5.54. The molecule has 0 atom stereocenters. The molecular weight excluding hydrogens is 182 g/mol. The molecule has 0 fully saturated rings. The highest BCUT2D eigenvalue weighted by Gasteiger charge is 2.02. The Labute approximate surface area is 82.3 Å². The van der Waals surface area contributed by atoms with Crippen molar-refractivity contribution in [2.75, 3.05) is 0 Å². The summed E-state index contributed by atoms with van der Waals surface area (Å²) in [5.41, 5.74) is 5.87. The molecule has 1 aromatic heterocycles. The van der Waals surface area contributed by atoms with Crippen molar-refractivity contribution in [2.45, 2.75) is 24.1 Å². The van der Waals surface area contributed by atoms with Gasteiger partial charge >= 0.3 is 0 Å². The van der Waals surface area contributed by atoms with E-state index < -0.39 is 0 Å². The maximum Gasteiger partial charge on any atom is 0.141 e. The van der Waals surface area contributed by atoms with Crippen LogP contribution in [-0.2, 0) is 0 Å². The number of nitrogens with one attached hydrogen (secondary N) is 1. The molecule has 1 aromatic rings. The smallest absolute Gasteiger partial charge is 0.141 e. The molecule has 1 rings (SSSR count). The Kier molecular flexibility index (Phi) is 3.31. The Morgan fingerprint density at radius 2 is 2.23 bits per heavy atom. The summed E-state index contributed by atoms with van der Waals surface area (Å²) in [5.74, 6) is 0.0196. The number of nitrogens with two attached hydrogens (primary N) is 1. The number of rotatable bonds is 3. The minimum absolute atomic E-state index is 0.0196. The lowest BCUT2D eigenvalue weighted by Gasteiger charge is -2.04. The van der Waals surface area contributed by atoms with Crippen molar-refractivity contribution in [3.05, 3.63) is 23.9 Å². The molecule has 3 nitrogen and oxygen atoms in total. The molecule has 0 spiro atoms. The van der Waals surface area contributed by atoms with E-state index in [-0.39, 0.29) is 5.84 Å². The van der Waals surface area contributed by atoms with Crippen LogP contribution in [0, 0.1) is 5.41 Å². The maximum atomic E-state index is 7.22. The zero-order valence-corrected chi connectivity index (χ0v) is 8.56. The molecule has 0 unspecified atom stereocenters. The van der Waals surface area contributed by atoms with E-state index in [0.717, 1.165) is 5.03 Å². The molecule has 0 bridgehead atoms. The fourth-order valence-corrected chi connectivity index (χ4v) is 1.66. The van der Waals surface area contributed by atoms with Gasteiger partial charge in [-0.3, -0.25) is 5.41 Å². The molecule has 0 aromatic carbocycles. The van der Waals surface area contributed by atoms with Crippen LogP contribution >= 0.6 is 11.8 Å². The van der Waals surface area contributed by atoms with Crippen LogP contribution in [0.3, 0.4) is 0 Å². The van der Waals surface area contributed by atoms with E-state index in [1.807, 2.05) is 12.1 Å². The van der Waals surface area contributed by atoms with Crippen molar-refractivity contribution in [1.82, 2.24) is 4.98 Å². The molecule has 0 aliphatic heterocycles. The van der Waals surface area contributed by atoms with Crippen LogP contribution in [0.4, 0.5) is 0 Å². The summed E-state index contributed by atoms with van der Waals surface area (Å²) in [6.45, 7) is 4.21. The van der Waals surface area contributed by atoms with E-state index in [0.29, 0.717) is 10.9 Å². The second-order valence-corrected chi connectivity index (χ2v) is 4.54. The van der Waals surface area contributed by atoms with Gasteiger partial charge in [0.2, 0.25) is 0 Å². The fraction of sp³-hybridized carbons (Fsp3) is 0.333. The predicted molar refractivity (Wildman–Crippen MR) is 56.2 cm³/mol. The summed E-state index contributed by atoms with van der Waals surface area (Å²) in [4.78, 5) is 4.23. The van der Waals surface area contributed by atoms with Crippen molar-refractivity contribution < 1.29 is 0 Å². The molecule has 13 heavy (non-hydrogen) atoms. The van der Waals surface area contributed by atoms with Crippen molar-refractivity contribution >= 4 is 17.6 Å². The Morgan fingerprint density at radius 1 is 1.54 bits per heavy atom. The predicted octanol–water partition coefficient (Wildman–Crippen LogP) is 1.87. The number of nitrogens with zero attached hydrogens (tertiary/aromatic N) is 1. The Balaban J connectivity index is 2.85. The van der Waals surface area contributed by atoms with Crippen LogP contribution in [0.15, 0.2) is 23.2 Å². The average molecular weight is 195 g/mol. The Bertz CT molecular complexity index is 309. The van der Waals surface area contributed by atoms with Gasteiger partial charge in [0.05, 0.1) is 5.03 Å². The molecule has 0 saturated carbocycles. The maximum absolute atomic E-state index is 7.22. The largest absolute Gasteiger partial charge is 0.382 e. The van der Waals surface area contributed by atoms with Gasteiger partial charge in [-0.05, 0) is 12.1 Å². The molecule has 0 aliphatic carbocycles. The van der Waals surface area contributed by atoms with Gasteiger partial charge in [0.25, 0.3) is 0 Å². The number of hydrogen-bond acceptors (Lipinski definition) is 3. The molecule has 0 amide bonds. The van der Waals surface area contributed by atoms with Gasteiger partial charge < -0.3 is 5.73 Å². The SMILES string of the molecule is CC(C)Sc1cccc(C(=N)N)n1. The lowest BCUT2D eigenvalue weighted by atomic mass is 10.3. The highest BCUT2D eigenvalue weighted by molar-refractivity contribution is 7.99. The topological polar surface area (TPSA) is 62.8 Å². The molecule has 0 aliphatic rings. The van der Waals surface area contributed by atoms with Crippen LogP contribution in [0.1, 0.15) is 19.5 Å². The minimum Gasteiger partial charge on any atom is -0.382 e. The van der Waals surface area contributed by atoms with Gasteiger partial charge in [0.1, 0.15) is 11.5 Å². The fourth-order valence-electron chi connectivity index (χ4n) is 0.872. The average Bonchev–Trinajstić information content (AvgIpc) is 2.03. The third-order valence-electron chi connectivity index (χ3n) is 1.36. The van der Waals surface area contributed by atoms with Gasteiger partial charge in [-0.2, -0.15) is 0 Å². The van der Waals surface area contributed by atoms with Crippen LogP contribution < -0.4 is 5.73 Å². The summed E-state index contributed by atoms with van der Waals surface area (Å²) in [5, 5.41) is 8.63. The first-order valence-corrected chi connectivity index (χ1v) is 4.95. The molecule has 4 heteroatoms.